The molecule has 0 saturated heterocycles. The first kappa shape index (κ1) is 17.4. The van der Waals surface area contributed by atoms with E-state index in [0.717, 1.165) is 27.8 Å². The Morgan fingerprint density at radius 3 is 2.22 bits per heavy atom. The van der Waals surface area contributed by atoms with Crippen LogP contribution < -0.4 is 0 Å². The summed E-state index contributed by atoms with van der Waals surface area (Å²) in [5.41, 5.74) is 2.26. The molecule has 0 spiro atoms. The van der Waals surface area contributed by atoms with Crippen LogP contribution in [0.15, 0.2) is 53.4 Å². The highest BCUT2D eigenvalue weighted by molar-refractivity contribution is 8.14. The molecule has 0 saturated carbocycles. The predicted molar refractivity (Wildman–Crippen MR) is 92.9 cm³/mol. The van der Waals surface area contributed by atoms with E-state index in [9.17, 15) is 18.9 Å². The topological polar surface area (TPSA) is 71.4 Å². The Hall–Kier alpha value is -1.92. The van der Waals surface area contributed by atoms with Crippen molar-refractivity contribution in [1.82, 2.24) is 0 Å². The molecule has 0 aliphatic rings. The molecule has 120 valence electrons. The largest absolute Gasteiger partial charge is 0.480 e. The van der Waals surface area contributed by atoms with Crippen molar-refractivity contribution in [3.63, 3.8) is 0 Å². The van der Waals surface area contributed by atoms with Gasteiger partial charge in [-0.05, 0) is 22.8 Å². The molecule has 0 aliphatic heterocycles. The second-order valence-corrected chi connectivity index (χ2v) is 7.53. The average Bonchev–Trinajstić information content (AvgIpc) is 2.52. The van der Waals surface area contributed by atoms with Crippen LogP contribution in [0.2, 0.25) is 0 Å². The number of carbonyl (C=O) groups excluding carboxylic acids is 1. The molecule has 0 heterocycles. The van der Waals surface area contributed by atoms with Gasteiger partial charge in [0.05, 0.1) is 10.8 Å². The lowest BCUT2D eigenvalue weighted by Gasteiger charge is -2.12. The summed E-state index contributed by atoms with van der Waals surface area (Å²) in [6.07, 6.45) is 1.62. The number of hydrogen-bond acceptors (Lipinski definition) is 4. The van der Waals surface area contributed by atoms with Gasteiger partial charge in [-0.3, -0.25) is 13.8 Å². The second-order valence-electron chi connectivity index (χ2n) is 4.90. The van der Waals surface area contributed by atoms with Gasteiger partial charge in [-0.1, -0.05) is 54.2 Å². The zero-order valence-electron chi connectivity index (χ0n) is 12.7. The summed E-state index contributed by atoms with van der Waals surface area (Å²) >= 11 is 0.783. The Kier molecular flexibility index (Phi) is 5.74. The third-order valence-electron chi connectivity index (χ3n) is 3.23. The summed E-state index contributed by atoms with van der Waals surface area (Å²) in [4.78, 5) is 23.3. The monoisotopic (exact) mass is 348 g/mol. The van der Waals surface area contributed by atoms with Crippen molar-refractivity contribution in [3.8, 4) is 11.1 Å². The summed E-state index contributed by atoms with van der Waals surface area (Å²) in [7, 11) is -1.11. The van der Waals surface area contributed by atoms with E-state index in [0.29, 0.717) is 5.56 Å². The van der Waals surface area contributed by atoms with E-state index < -0.39 is 22.0 Å². The number of hydrogen-bond donors (Lipinski definition) is 1. The van der Waals surface area contributed by atoms with Gasteiger partial charge >= 0.3 is 5.97 Å². The maximum Gasteiger partial charge on any atom is 0.321 e. The van der Waals surface area contributed by atoms with E-state index in [1.807, 2.05) is 24.3 Å². The minimum Gasteiger partial charge on any atom is -0.480 e. The molecule has 0 fully saturated rings. The Bertz CT molecular complexity index is 753. The minimum atomic E-state index is -1.11. The van der Waals surface area contributed by atoms with Crippen molar-refractivity contribution in [2.45, 2.75) is 17.1 Å². The average molecular weight is 348 g/mol. The molecule has 4 nitrogen and oxygen atoms in total. The molecule has 0 aliphatic carbocycles. The number of benzene rings is 2. The quantitative estimate of drug-likeness (QED) is 0.895. The van der Waals surface area contributed by atoms with Gasteiger partial charge in [0.1, 0.15) is 5.25 Å². The first-order chi connectivity index (χ1) is 10.9. The number of carboxylic acids is 1. The summed E-state index contributed by atoms with van der Waals surface area (Å²) in [5.74, 6) is -1.05. The van der Waals surface area contributed by atoms with Crippen molar-refractivity contribution in [2.75, 3.05) is 6.26 Å². The summed E-state index contributed by atoms with van der Waals surface area (Å²) in [6, 6.07) is 14.4. The first-order valence-corrected chi connectivity index (χ1v) is 9.26. The Morgan fingerprint density at radius 1 is 1.09 bits per heavy atom. The molecule has 0 bridgehead atoms. The van der Waals surface area contributed by atoms with Crippen LogP contribution in [0.25, 0.3) is 11.1 Å². The van der Waals surface area contributed by atoms with E-state index >= 15 is 0 Å². The first-order valence-electron chi connectivity index (χ1n) is 6.83. The van der Waals surface area contributed by atoms with Gasteiger partial charge in [-0.2, -0.15) is 0 Å². The molecule has 1 N–H and O–H groups in total. The van der Waals surface area contributed by atoms with Gasteiger partial charge in [0, 0.05) is 18.1 Å². The molecule has 0 radical (unpaired) electrons. The lowest BCUT2D eigenvalue weighted by molar-refractivity contribution is -0.136. The predicted octanol–water partition coefficient (Wildman–Crippen LogP) is 3.50. The van der Waals surface area contributed by atoms with Crippen LogP contribution >= 0.6 is 11.8 Å². The van der Waals surface area contributed by atoms with Gasteiger partial charge in [0.25, 0.3) is 0 Å². The highest BCUT2D eigenvalue weighted by Gasteiger charge is 2.22. The lowest BCUT2D eigenvalue weighted by atomic mass is 10.0. The third kappa shape index (κ3) is 4.30. The molecule has 2 unspecified atom stereocenters. The smallest absolute Gasteiger partial charge is 0.321 e. The molecular weight excluding hydrogens is 332 g/mol. The van der Waals surface area contributed by atoms with Crippen LogP contribution in [-0.4, -0.2) is 26.7 Å². The van der Waals surface area contributed by atoms with Crippen molar-refractivity contribution in [2.24, 2.45) is 0 Å². The number of rotatable bonds is 5. The van der Waals surface area contributed by atoms with Gasteiger partial charge in [0.2, 0.25) is 0 Å². The number of thioether (sulfide) groups is 1. The van der Waals surface area contributed by atoms with E-state index in [2.05, 4.69) is 0 Å². The maximum absolute atomic E-state index is 11.8. The minimum absolute atomic E-state index is 0.242. The zero-order chi connectivity index (χ0) is 17.0. The van der Waals surface area contributed by atoms with Gasteiger partial charge < -0.3 is 5.11 Å². The van der Waals surface area contributed by atoms with Gasteiger partial charge in [-0.25, -0.2) is 0 Å². The molecule has 0 amide bonds. The van der Waals surface area contributed by atoms with Crippen molar-refractivity contribution in [1.29, 1.82) is 0 Å². The summed E-state index contributed by atoms with van der Waals surface area (Å²) in [5, 5.41) is 8.10. The van der Waals surface area contributed by atoms with E-state index in [1.165, 1.54) is 6.92 Å². The van der Waals surface area contributed by atoms with Gasteiger partial charge in [0.15, 0.2) is 5.12 Å². The van der Waals surface area contributed by atoms with Gasteiger partial charge in [-0.15, -0.1) is 0 Å². The van der Waals surface area contributed by atoms with E-state index in [4.69, 9.17) is 0 Å². The molecule has 2 aromatic carbocycles. The van der Waals surface area contributed by atoms with Crippen LogP contribution in [0.5, 0.6) is 0 Å². The fourth-order valence-electron chi connectivity index (χ4n) is 2.22. The standard InChI is InChI=1S/C17H16O4S2/c1-11(18)22-16(17(19)20)13-9-7-12(8-10-13)14-5-3-4-6-15(14)23(2)21/h3-10,16H,1-2H3,(H,19,20). The Morgan fingerprint density at radius 2 is 1.70 bits per heavy atom. The summed E-state index contributed by atoms with van der Waals surface area (Å²) in [6.45, 7) is 1.35. The third-order valence-corrected chi connectivity index (χ3v) is 5.25. The SMILES string of the molecule is CC(=O)SC(C(=O)O)c1ccc(-c2ccccc2S(C)=O)cc1. The number of carboxylic acid groups (broad SMARTS) is 1. The molecule has 2 aromatic rings. The maximum atomic E-state index is 11.8. The highest BCUT2D eigenvalue weighted by Crippen LogP contribution is 2.32. The number of carbonyl (C=O) groups is 2. The molecular formula is C17H16O4S2. The van der Waals surface area contributed by atoms with Crippen LogP contribution in [0.3, 0.4) is 0 Å². The van der Waals surface area contributed by atoms with Crippen LogP contribution in [0.4, 0.5) is 0 Å². The number of aliphatic carboxylic acids is 1. The fourth-order valence-corrected chi connectivity index (χ4v) is 3.71. The van der Waals surface area contributed by atoms with Crippen LogP contribution in [-0.2, 0) is 20.4 Å². The van der Waals surface area contributed by atoms with Crippen molar-refractivity contribution >= 4 is 33.6 Å². The summed E-state index contributed by atoms with van der Waals surface area (Å²) < 4.78 is 11.8. The normalized spacial score (nSPS) is 13.3. The van der Waals surface area contributed by atoms with Crippen LogP contribution in [0, 0.1) is 0 Å². The lowest BCUT2D eigenvalue weighted by Crippen LogP contribution is -2.09. The molecule has 2 rings (SSSR count). The van der Waals surface area contributed by atoms with Crippen molar-refractivity contribution in [3.05, 3.63) is 54.1 Å². The van der Waals surface area contributed by atoms with Crippen molar-refractivity contribution < 1.29 is 18.9 Å². The van der Waals surface area contributed by atoms with E-state index in [-0.39, 0.29) is 5.12 Å². The molecule has 23 heavy (non-hydrogen) atoms. The fraction of sp³-hybridized carbons (Fsp3) is 0.176. The highest BCUT2D eigenvalue weighted by atomic mass is 32.2. The molecule has 6 heteroatoms. The van der Waals surface area contributed by atoms with Crippen LogP contribution in [0.1, 0.15) is 17.7 Å². The second kappa shape index (κ2) is 7.57. The van der Waals surface area contributed by atoms with E-state index in [1.54, 1.807) is 30.5 Å². The Balaban J connectivity index is 2.38. The molecule has 2 atom stereocenters. The molecule has 0 aromatic heterocycles. The zero-order valence-corrected chi connectivity index (χ0v) is 14.3. The Labute approximate surface area is 141 Å².